The number of hydrogen-bond donors (Lipinski definition) is 0. The van der Waals surface area contributed by atoms with E-state index in [9.17, 15) is 8.78 Å². The van der Waals surface area contributed by atoms with Crippen LogP contribution in [0.1, 0.15) is 43.9 Å². The number of aromatic nitrogens is 5. The van der Waals surface area contributed by atoms with E-state index in [4.69, 9.17) is 16.3 Å². The Morgan fingerprint density at radius 3 is 2.23 bits per heavy atom. The Morgan fingerprint density at radius 1 is 0.949 bits per heavy atom. The zero-order valence-corrected chi connectivity index (χ0v) is 22.6. The number of rotatable bonds is 6. The molecule has 2 aliphatic heterocycles. The summed E-state index contributed by atoms with van der Waals surface area (Å²) in [4.78, 5) is 13.6. The van der Waals surface area contributed by atoms with E-state index in [1.807, 2.05) is 0 Å². The van der Waals surface area contributed by atoms with Crippen molar-refractivity contribution in [3.05, 3.63) is 76.6 Å². The Bertz CT molecular complexity index is 1400. The molecule has 2 aromatic carbocycles. The number of ether oxygens (including phenoxy) is 1. The third-order valence-corrected chi connectivity index (χ3v) is 7.90. The fourth-order valence-electron chi connectivity index (χ4n) is 5.79. The van der Waals surface area contributed by atoms with Gasteiger partial charge in [0, 0.05) is 31.8 Å². The van der Waals surface area contributed by atoms with Crippen LogP contribution in [-0.4, -0.2) is 67.7 Å². The second-order valence-electron chi connectivity index (χ2n) is 10.4. The van der Waals surface area contributed by atoms with Gasteiger partial charge in [0.25, 0.3) is 0 Å². The third kappa shape index (κ3) is 5.20. The monoisotopic (exact) mass is 553 g/mol. The highest BCUT2D eigenvalue weighted by Crippen LogP contribution is 2.36. The minimum absolute atomic E-state index is 0.0297. The van der Waals surface area contributed by atoms with Gasteiger partial charge in [-0.3, -0.25) is 4.90 Å². The molecule has 8 nitrogen and oxygen atoms in total. The summed E-state index contributed by atoms with van der Waals surface area (Å²) in [6.07, 6.45) is 2.10. The molecule has 0 saturated carbocycles. The number of piperazine rings is 1. The molecule has 0 spiro atoms. The summed E-state index contributed by atoms with van der Waals surface area (Å²) in [5.74, 6) is 0.0720. The maximum absolute atomic E-state index is 13.8. The second-order valence-corrected chi connectivity index (χ2v) is 10.8. The van der Waals surface area contributed by atoms with Gasteiger partial charge < -0.3 is 9.64 Å². The molecule has 2 fully saturated rings. The third-order valence-electron chi connectivity index (χ3n) is 7.73. The van der Waals surface area contributed by atoms with Crippen LogP contribution in [0, 0.1) is 11.6 Å². The van der Waals surface area contributed by atoms with E-state index in [-0.39, 0.29) is 41.1 Å². The van der Waals surface area contributed by atoms with E-state index in [1.165, 1.54) is 24.3 Å². The van der Waals surface area contributed by atoms with Crippen molar-refractivity contribution >= 4 is 28.6 Å². The molecule has 2 aliphatic rings. The molecule has 204 valence electrons. The minimum atomic E-state index is -0.292. The van der Waals surface area contributed by atoms with Gasteiger partial charge >= 0.3 is 0 Å². The Balaban J connectivity index is 1.31. The highest BCUT2D eigenvalue weighted by atomic mass is 35.5. The van der Waals surface area contributed by atoms with Crippen LogP contribution in [0.15, 0.2) is 48.5 Å². The zero-order chi connectivity index (χ0) is 27.1. The molecule has 0 radical (unpaired) electrons. The van der Waals surface area contributed by atoms with Gasteiger partial charge in [0.15, 0.2) is 17.0 Å². The van der Waals surface area contributed by atoms with E-state index >= 15 is 0 Å². The molecule has 39 heavy (non-hydrogen) atoms. The summed E-state index contributed by atoms with van der Waals surface area (Å²) >= 11 is 6.42. The molecule has 3 atom stereocenters. The molecule has 2 saturated heterocycles. The predicted octanol–water partition coefficient (Wildman–Crippen LogP) is 5.02. The highest BCUT2D eigenvalue weighted by Gasteiger charge is 2.37. The van der Waals surface area contributed by atoms with Crippen LogP contribution in [-0.2, 0) is 11.3 Å². The molecule has 0 unspecified atom stereocenters. The van der Waals surface area contributed by atoms with E-state index in [1.54, 1.807) is 28.9 Å². The van der Waals surface area contributed by atoms with Crippen molar-refractivity contribution in [1.29, 1.82) is 0 Å². The normalized spacial score (nSPS) is 22.3. The first-order valence-electron chi connectivity index (χ1n) is 13.3. The lowest BCUT2D eigenvalue weighted by atomic mass is 9.93. The van der Waals surface area contributed by atoms with Crippen LogP contribution in [0.5, 0.6) is 0 Å². The van der Waals surface area contributed by atoms with E-state index < -0.39 is 0 Å². The number of nitrogens with zero attached hydrogens (tertiary/aromatic N) is 7. The summed E-state index contributed by atoms with van der Waals surface area (Å²) in [5, 5.41) is 8.96. The van der Waals surface area contributed by atoms with Gasteiger partial charge in [-0.2, -0.15) is 9.97 Å². The first-order valence-corrected chi connectivity index (χ1v) is 13.7. The number of benzene rings is 2. The molecular weight excluding hydrogens is 524 g/mol. The molecule has 0 N–H and O–H groups in total. The molecule has 0 bridgehead atoms. The Labute approximate surface area is 230 Å². The van der Waals surface area contributed by atoms with Crippen molar-refractivity contribution < 1.29 is 13.5 Å². The quantitative estimate of drug-likeness (QED) is 0.310. The molecule has 11 heteroatoms. The highest BCUT2D eigenvalue weighted by molar-refractivity contribution is 6.28. The van der Waals surface area contributed by atoms with Crippen LogP contribution in [0.25, 0.3) is 11.2 Å². The maximum Gasteiger partial charge on any atom is 0.226 e. The number of halogens is 3. The van der Waals surface area contributed by atoms with Gasteiger partial charge in [-0.15, -0.1) is 5.10 Å². The first kappa shape index (κ1) is 26.0. The van der Waals surface area contributed by atoms with Gasteiger partial charge in [-0.05, 0) is 73.7 Å². The fraction of sp³-hybridized carbons (Fsp3) is 0.429. The van der Waals surface area contributed by atoms with Crippen molar-refractivity contribution in [3.63, 3.8) is 0 Å². The lowest BCUT2D eigenvalue weighted by Crippen LogP contribution is -2.57. The van der Waals surface area contributed by atoms with Crippen LogP contribution in [0.4, 0.5) is 14.6 Å². The van der Waals surface area contributed by atoms with E-state index in [0.29, 0.717) is 36.6 Å². The fourth-order valence-corrected chi connectivity index (χ4v) is 5.95. The van der Waals surface area contributed by atoms with Crippen molar-refractivity contribution in [1.82, 2.24) is 29.9 Å². The van der Waals surface area contributed by atoms with Crippen molar-refractivity contribution in [2.75, 3.05) is 24.6 Å². The number of fused-ring (bicyclic) bond motifs is 1. The predicted molar refractivity (Wildman–Crippen MR) is 145 cm³/mol. The smallest absolute Gasteiger partial charge is 0.226 e. The maximum atomic E-state index is 13.8. The Kier molecular flexibility index (Phi) is 7.18. The van der Waals surface area contributed by atoms with Crippen LogP contribution < -0.4 is 4.90 Å². The minimum Gasteiger partial charge on any atom is -0.376 e. The number of anilines is 1. The molecule has 0 aliphatic carbocycles. The lowest BCUT2D eigenvalue weighted by molar-refractivity contribution is 0.0944. The summed E-state index contributed by atoms with van der Waals surface area (Å²) in [6, 6.07) is 13.0. The standard InChI is InChI=1S/C28H30ClF2N7O/c1-17-15-37(26-24-27(33-28(29)32-26)38(35-34-24)16-23-4-3-13-39-23)18(2)14-36(17)25(19-5-9-21(30)10-6-19)20-7-11-22(31)12-8-20/h5-12,17-18,23,25H,3-4,13-16H2,1-2H3/t17-,18+,23-/m1/s1. The summed E-state index contributed by atoms with van der Waals surface area (Å²) in [6.45, 7) is 6.92. The van der Waals surface area contributed by atoms with Crippen LogP contribution >= 0.6 is 11.6 Å². The van der Waals surface area contributed by atoms with Gasteiger partial charge in [0.2, 0.25) is 5.28 Å². The van der Waals surface area contributed by atoms with Gasteiger partial charge in [-0.25, -0.2) is 13.5 Å². The first-order chi connectivity index (χ1) is 18.9. The summed E-state index contributed by atoms with van der Waals surface area (Å²) < 4.78 is 35.1. The Hall–Kier alpha value is -3.21. The molecule has 4 heterocycles. The zero-order valence-electron chi connectivity index (χ0n) is 21.8. The summed E-state index contributed by atoms with van der Waals surface area (Å²) in [5.41, 5.74) is 3.09. The van der Waals surface area contributed by atoms with Gasteiger partial charge in [-0.1, -0.05) is 29.5 Å². The van der Waals surface area contributed by atoms with E-state index in [0.717, 1.165) is 30.6 Å². The molecule has 2 aromatic heterocycles. The van der Waals surface area contributed by atoms with Gasteiger partial charge in [0.1, 0.15) is 11.6 Å². The average Bonchev–Trinajstić information content (AvgIpc) is 3.58. The largest absolute Gasteiger partial charge is 0.376 e. The topological polar surface area (TPSA) is 72.2 Å². The molecule has 4 aromatic rings. The Morgan fingerprint density at radius 2 is 1.62 bits per heavy atom. The molecule has 6 rings (SSSR count). The van der Waals surface area contributed by atoms with Gasteiger partial charge in [0.05, 0.1) is 18.7 Å². The lowest BCUT2D eigenvalue weighted by Gasteiger charge is -2.48. The molecular formula is C28H30ClF2N7O. The van der Waals surface area contributed by atoms with Crippen molar-refractivity contribution in [3.8, 4) is 0 Å². The van der Waals surface area contributed by atoms with Crippen LogP contribution in [0.2, 0.25) is 5.28 Å². The average molecular weight is 554 g/mol. The molecule has 0 amide bonds. The SMILES string of the molecule is C[C@@H]1CN(c2nc(Cl)nc3c2nnn3C[C@H]2CCCO2)[C@@H](C)CN1C(c1ccc(F)cc1)c1ccc(F)cc1. The van der Waals surface area contributed by atoms with E-state index in [2.05, 4.69) is 43.9 Å². The summed E-state index contributed by atoms with van der Waals surface area (Å²) in [7, 11) is 0. The number of hydrogen-bond acceptors (Lipinski definition) is 7. The van der Waals surface area contributed by atoms with Crippen LogP contribution in [0.3, 0.4) is 0 Å². The van der Waals surface area contributed by atoms with Crippen molar-refractivity contribution in [2.24, 2.45) is 0 Å². The van der Waals surface area contributed by atoms with Crippen molar-refractivity contribution in [2.45, 2.75) is 57.5 Å². The second kappa shape index (κ2) is 10.7.